The lowest BCUT2D eigenvalue weighted by molar-refractivity contribution is 0.0623. The van der Waals surface area contributed by atoms with Crippen LogP contribution in [0.2, 0.25) is 0 Å². The molecule has 0 bridgehead atoms. The van der Waals surface area contributed by atoms with E-state index in [1.54, 1.807) is 0 Å². The van der Waals surface area contributed by atoms with Crippen LogP contribution < -0.4 is 5.32 Å². The topological polar surface area (TPSA) is 48.5 Å². The molecule has 2 aromatic carbocycles. The fourth-order valence-corrected chi connectivity index (χ4v) is 4.07. The maximum atomic E-state index is 12.8. The van der Waals surface area contributed by atoms with Gasteiger partial charge in [-0.05, 0) is 24.1 Å². The number of rotatable bonds is 5. The monoisotopic (exact) mass is 392 g/mol. The molecule has 0 saturated carbocycles. The van der Waals surface area contributed by atoms with Gasteiger partial charge >= 0.3 is 0 Å². The number of thiazole rings is 1. The summed E-state index contributed by atoms with van der Waals surface area (Å²) in [6.07, 6.45) is 0. The molecule has 1 N–H and O–H groups in total. The highest BCUT2D eigenvalue weighted by Gasteiger charge is 2.24. The van der Waals surface area contributed by atoms with E-state index in [-0.39, 0.29) is 5.91 Å². The lowest BCUT2D eigenvalue weighted by atomic mass is 10.2. The second kappa shape index (κ2) is 8.54. The molecule has 0 unspecified atom stereocenters. The van der Waals surface area contributed by atoms with Gasteiger partial charge in [0, 0.05) is 43.8 Å². The van der Waals surface area contributed by atoms with E-state index in [0.717, 1.165) is 49.1 Å². The van der Waals surface area contributed by atoms with Crippen LogP contribution in [-0.4, -0.2) is 46.9 Å². The van der Waals surface area contributed by atoms with Crippen LogP contribution in [0.3, 0.4) is 0 Å². The van der Waals surface area contributed by atoms with Crippen molar-refractivity contribution in [2.24, 2.45) is 0 Å². The molecule has 6 heteroatoms. The Labute approximate surface area is 169 Å². The number of nitrogens with zero attached hydrogens (tertiary/aromatic N) is 3. The number of nitrogens with one attached hydrogen (secondary N) is 1. The standard InChI is InChI=1S/C22H24N4OS/c1-17-7-5-6-10-19(17)23-22-24-20(16-28-22)21(27)26-13-11-25(12-14-26)15-18-8-3-2-4-9-18/h2-10,16H,11-15H2,1H3,(H,23,24). The third kappa shape index (κ3) is 4.40. The molecule has 1 aromatic heterocycles. The molecule has 1 saturated heterocycles. The zero-order valence-electron chi connectivity index (χ0n) is 16.0. The summed E-state index contributed by atoms with van der Waals surface area (Å²) in [5.74, 6) is 0.0217. The van der Waals surface area contributed by atoms with Gasteiger partial charge < -0.3 is 10.2 Å². The lowest BCUT2D eigenvalue weighted by Crippen LogP contribution is -2.48. The number of carbonyl (C=O) groups is 1. The molecule has 4 rings (SSSR count). The van der Waals surface area contributed by atoms with Crippen molar-refractivity contribution in [2.45, 2.75) is 13.5 Å². The van der Waals surface area contributed by atoms with Crippen molar-refractivity contribution in [3.8, 4) is 0 Å². The van der Waals surface area contributed by atoms with Gasteiger partial charge in [0.05, 0.1) is 0 Å². The number of amides is 1. The maximum absolute atomic E-state index is 12.8. The molecule has 2 heterocycles. The lowest BCUT2D eigenvalue weighted by Gasteiger charge is -2.34. The number of aromatic nitrogens is 1. The fourth-order valence-electron chi connectivity index (χ4n) is 3.37. The van der Waals surface area contributed by atoms with E-state index >= 15 is 0 Å². The summed E-state index contributed by atoms with van der Waals surface area (Å²) in [5.41, 5.74) is 4.01. The number of hydrogen-bond acceptors (Lipinski definition) is 5. The van der Waals surface area contributed by atoms with Crippen molar-refractivity contribution in [1.82, 2.24) is 14.8 Å². The Morgan fingerprint density at radius 1 is 1.04 bits per heavy atom. The number of piperazine rings is 1. The fraction of sp³-hybridized carbons (Fsp3) is 0.273. The second-order valence-electron chi connectivity index (χ2n) is 7.03. The molecule has 1 amide bonds. The van der Waals surface area contributed by atoms with Crippen LogP contribution in [0.15, 0.2) is 60.0 Å². The van der Waals surface area contributed by atoms with E-state index in [4.69, 9.17) is 0 Å². The molecule has 0 spiro atoms. The summed E-state index contributed by atoms with van der Waals surface area (Å²) < 4.78 is 0. The molecule has 5 nitrogen and oxygen atoms in total. The van der Waals surface area contributed by atoms with E-state index in [1.165, 1.54) is 16.9 Å². The molecule has 28 heavy (non-hydrogen) atoms. The van der Waals surface area contributed by atoms with Gasteiger partial charge in [0.15, 0.2) is 5.13 Å². The van der Waals surface area contributed by atoms with Gasteiger partial charge in [0.2, 0.25) is 0 Å². The van der Waals surface area contributed by atoms with Gasteiger partial charge in [0.25, 0.3) is 5.91 Å². The number of hydrogen-bond donors (Lipinski definition) is 1. The molecule has 1 aliphatic rings. The Bertz CT molecular complexity index is 932. The minimum absolute atomic E-state index is 0.0217. The van der Waals surface area contributed by atoms with Crippen LogP contribution in [0, 0.1) is 6.92 Å². The summed E-state index contributed by atoms with van der Waals surface area (Å²) in [4.78, 5) is 21.6. The van der Waals surface area contributed by atoms with Crippen molar-refractivity contribution in [3.63, 3.8) is 0 Å². The first-order chi connectivity index (χ1) is 13.7. The van der Waals surface area contributed by atoms with Crippen molar-refractivity contribution in [2.75, 3.05) is 31.5 Å². The number of carbonyl (C=O) groups excluding carboxylic acids is 1. The average molecular weight is 393 g/mol. The smallest absolute Gasteiger partial charge is 0.273 e. The van der Waals surface area contributed by atoms with Gasteiger partial charge in [-0.3, -0.25) is 9.69 Å². The van der Waals surface area contributed by atoms with Crippen molar-refractivity contribution < 1.29 is 4.79 Å². The summed E-state index contributed by atoms with van der Waals surface area (Å²) in [5, 5.41) is 5.91. The summed E-state index contributed by atoms with van der Waals surface area (Å²) in [6.45, 7) is 6.24. The van der Waals surface area contributed by atoms with Gasteiger partial charge in [-0.15, -0.1) is 11.3 Å². The summed E-state index contributed by atoms with van der Waals surface area (Å²) >= 11 is 1.47. The van der Waals surface area contributed by atoms with E-state index in [9.17, 15) is 4.79 Å². The Morgan fingerprint density at radius 3 is 2.50 bits per heavy atom. The average Bonchev–Trinajstić information content (AvgIpc) is 3.19. The number of para-hydroxylation sites is 1. The molecule has 1 aliphatic heterocycles. The zero-order valence-corrected chi connectivity index (χ0v) is 16.8. The normalized spacial score (nSPS) is 14.8. The quantitative estimate of drug-likeness (QED) is 0.709. The zero-order chi connectivity index (χ0) is 19.3. The summed E-state index contributed by atoms with van der Waals surface area (Å²) in [6, 6.07) is 18.5. The van der Waals surface area contributed by atoms with Crippen LogP contribution in [0.25, 0.3) is 0 Å². The van der Waals surface area contributed by atoms with Crippen LogP contribution in [-0.2, 0) is 6.54 Å². The third-order valence-corrected chi connectivity index (χ3v) is 5.78. The third-order valence-electron chi connectivity index (χ3n) is 5.02. The molecule has 0 atom stereocenters. The first-order valence-electron chi connectivity index (χ1n) is 9.53. The molecule has 3 aromatic rings. The first-order valence-corrected chi connectivity index (χ1v) is 10.4. The van der Waals surface area contributed by atoms with E-state index < -0.39 is 0 Å². The number of anilines is 2. The van der Waals surface area contributed by atoms with E-state index in [2.05, 4.69) is 52.5 Å². The highest BCUT2D eigenvalue weighted by atomic mass is 32.1. The predicted octanol–water partition coefficient (Wildman–Crippen LogP) is 4.15. The Morgan fingerprint density at radius 2 is 1.75 bits per heavy atom. The van der Waals surface area contributed by atoms with Crippen LogP contribution in [0.4, 0.5) is 10.8 Å². The SMILES string of the molecule is Cc1ccccc1Nc1nc(C(=O)N2CCN(Cc3ccccc3)CC2)cs1. The second-order valence-corrected chi connectivity index (χ2v) is 7.89. The van der Waals surface area contributed by atoms with Crippen molar-refractivity contribution >= 4 is 28.1 Å². The Kier molecular flexibility index (Phi) is 5.69. The molecule has 0 aliphatic carbocycles. The van der Waals surface area contributed by atoms with E-state index in [0.29, 0.717) is 5.69 Å². The Hall–Kier alpha value is -2.70. The van der Waals surface area contributed by atoms with Crippen LogP contribution in [0.1, 0.15) is 21.6 Å². The highest BCUT2D eigenvalue weighted by molar-refractivity contribution is 7.14. The highest BCUT2D eigenvalue weighted by Crippen LogP contribution is 2.24. The van der Waals surface area contributed by atoms with Gasteiger partial charge in [0.1, 0.15) is 5.69 Å². The van der Waals surface area contributed by atoms with Crippen molar-refractivity contribution in [3.05, 3.63) is 76.8 Å². The molecule has 1 fully saturated rings. The predicted molar refractivity (Wildman–Crippen MR) is 114 cm³/mol. The Balaban J connectivity index is 1.33. The van der Waals surface area contributed by atoms with Gasteiger partial charge in [-0.25, -0.2) is 4.98 Å². The molecular formula is C22H24N4OS. The van der Waals surface area contributed by atoms with Crippen molar-refractivity contribution in [1.29, 1.82) is 0 Å². The van der Waals surface area contributed by atoms with E-state index in [1.807, 2.05) is 34.5 Å². The maximum Gasteiger partial charge on any atom is 0.273 e. The number of benzene rings is 2. The van der Waals surface area contributed by atoms with Gasteiger partial charge in [-0.1, -0.05) is 48.5 Å². The number of aryl methyl sites for hydroxylation is 1. The minimum atomic E-state index is 0.0217. The molecule has 144 valence electrons. The van der Waals surface area contributed by atoms with Crippen LogP contribution >= 0.6 is 11.3 Å². The summed E-state index contributed by atoms with van der Waals surface area (Å²) in [7, 11) is 0. The van der Waals surface area contributed by atoms with Gasteiger partial charge in [-0.2, -0.15) is 0 Å². The first kappa shape index (κ1) is 18.7. The minimum Gasteiger partial charge on any atom is -0.335 e. The molecule has 0 radical (unpaired) electrons. The molecular weight excluding hydrogens is 368 g/mol. The largest absolute Gasteiger partial charge is 0.335 e. The van der Waals surface area contributed by atoms with Crippen LogP contribution in [0.5, 0.6) is 0 Å².